The lowest BCUT2D eigenvalue weighted by molar-refractivity contribution is -0.140. The number of carbonyl (C=O) groups excluding carboxylic acids is 1. The van der Waals surface area contributed by atoms with Crippen LogP contribution in [-0.4, -0.2) is 17.0 Å². The van der Waals surface area contributed by atoms with Crippen molar-refractivity contribution >= 4 is 11.9 Å². The number of nitrogens with two attached hydrogens (primary N) is 1. The molecule has 1 aliphatic rings. The van der Waals surface area contributed by atoms with Crippen LogP contribution in [0, 0.1) is 0 Å². The average molecular weight is 205 g/mol. The number of amides is 1. The first-order valence-corrected chi connectivity index (χ1v) is 4.70. The summed E-state index contributed by atoms with van der Waals surface area (Å²) in [4.78, 5) is 22.0. The highest BCUT2D eigenvalue weighted by Gasteiger charge is 2.51. The molecule has 0 saturated heterocycles. The molecule has 1 fully saturated rings. The first-order chi connectivity index (χ1) is 7.06. The van der Waals surface area contributed by atoms with E-state index in [1.54, 1.807) is 24.3 Å². The quantitative estimate of drug-likeness (QED) is 0.769. The third-order valence-electron chi connectivity index (χ3n) is 2.86. The summed E-state index contributed by atoms with van der Waals surface area (Å²) in [7, 11) is 0. The fourth-order valence-corrected chi connectivity index (χ4v) is 1.72. The lowest BCUT2D eigenvalue weighted by Gasteiger charge is -2.10. The van der Waals surface area contributed by atoms with Crippen molar-refractivity contribution in [2.75, 3.05) is 0 Å². The van der Waals surface area contributed by atoms with Crippen LogP contribution in [0.3, 0.4) is 0 Å². The molecule has 4 heteroatoms. The first kappa shape index (κ1) is 9.71. The Morgan fingerprint density at radius 3 is 2.47 bits per heavy atom. The van der Waals surface area contributed by atoms with Gasteiger partial charge in [0.15, 0.2) is 0 Å². The minimum Gasteiger partial charge on any atom is -0.481 e. The summed E-state index contributed by atoms with van der Waals surface area (Å²) in [5, 5.41) is 9.07. The molecule has 0 radical (unpaired) electrons. The van der Waals surface area contributed by atoms with Gasteiger partial charge in [-0.05, 0) is 30.5 Å². The van der Waals surface area contributed by atoms with Gasteiger partial charge in [0, 0.05) is 5.56 Å². The normalized spacial score (nSPS) is 17.1. The predicted octanol–water partition coefficient (Wildman–Crippen LogP) is 0.902. The number of hydrogen-bond donors (Lipinski definition) is 2. The molecule has 4 nitrogen and oxygen atoms in total. The molecule has 78 valence electrons. The molecule has 0 aliphatic heterocycles. The van der Waals surface area contributed by atoms with E-state index in [-0.39, 0.29) is 0 Å². The van der Waals surface area contributed by atoms with Crippen LogP contribution in [0.5, 0.6) is 0 Å². The molecule has 1 aromatic carbocycles. The van der Waals surface area contributed by atoms with Gasteiger partial charge in [-0.1, -0.05) is 12.1 Å². The molecular weight excluding hydrogens is 194 g/mol. The van der Waals surface area contributed by atoms with Crippen LogP contribution in [0.2, 0.25) is 0 Å². The third kappa shape index (κ3) is 1.48. The molecule has 0 bridgehead atoms. The number of carbonyl (C=O) groups is 2. The van der Waals surface area contributed by atoms with Crippen LogP contribution in [0.1, 0.15) is 28.8 Å². The van der Waals surface area contributed by atoms with Crippen molar-refractivity contribution in [2.45, 2.75) is 18.3 Å². The number of benzene rings is 1. The summed E-state index contributed by atoms with van der Waals surface area (Å²) in [6.45, 7) is 0. The van der Waals surface area contributed by atoms with Crippen LogP contribution in [-0.2, 0) is 10.2 Å². The first-order valence-electron chi connectivity index (χ1n) is 4.70. The van der Waals surface area contributed by atoms with Crippen molar-refractivity contribution in [2.24, 2.45) is 5.73 Å². The molecule has 1 saturated carbocycles. The second kappa shape index (κ2) is 3.08. The molecule has 3 N–H and O–H groups in total. The number of aliphatic carboxylic acids is 1. The summed E-state index contributed by atoms with van der Waals surface area (Å²) < 4.78 is 0. The second-order valence-corrected chi connectivity index (χ2v) is 3.83. The Morgan fingerprint density at radius 1 is 1.33 bits per heavy atom. The third-order valence-corrected chi connectivity index (χ3v) is 2.86. The number of primary amides is 1. The van der Waals surface area contributed by atoms with Gasteiger partial charge in [-0.25, -0.2) is 0 Å². The average Bonchev–Trinajstić information content (AvgIpc) is 2.98. The Balaban J connectivity index is 2.42. The molecule has 15 heavy (non-hydrogen) atoms. The Morgan fingerprint density at radius 2 is 2.00 bits per heavy atom. The summed E-state index contributed by atoms with van der Waals surface area (Å²) in [6, 6.07) is 6.55. The Kier molecular flexibility index (Phi) is 2.00. The van der Waals surface area contributed by atoms with E-state index >= 15 is 0 Å². The van der Waals surface area contributed by atoms with Gasteiger partial charge in [0.05, 0.1) is 5.41 Å². The molecule has 2 rings (SSSR count). The SMILES string of the molecule is NC(=O)c1cccc(C2(C(=O)O)CC2)c1. The maximum atomic E-state index is 11.0. The van der Waals surface area contributed by atoms with Gasteiger partial charge >= 0.3 is 5.97 Å². The topological polar surface area (TPSA) is 80.4 Å². The van der Waals surface area contributed by atoms with E-state index in [4.69, 9.17) is 10.8 Å². The minimum absolute atomic E-state index is 0.361. The van der Waals surface area contributed by atoms with E-state index in [1.807, 2.05) is 0 Å². The largest absolute Gasteiger partial charge is 0.481 e. The van der Waals surface area contributed by atoms with Gasteiger partial charge in [-0.3, -0.25) is 9.59 Å². The fraction of sp³-hybridized carbons (Fsp3) is 0.273. The van der Waals surface area contributed by atoms with E-state index in [0.29, 0.717) is 24.0 Å². The predicted molar refractivity (Wildman–Crippen MR) is 53.5 cm³/mol. The van der Waals surface area contributed by atoms with Gasteiger partial charge in [-0.15, -0.1) is 0 Å². The maximum Gasteiger partial charge on any atom is 0.314 e. The van der Waals surface area contributed by atoms with E-state index < -0.39 is 17.3 Å². The zero-order valence-electron chi connectivity index (χ0n) is 8.06. The van der Waals surface area contributed by atoms with Gasteiger partial charge in [0.25, 0.3) is 0 Å². The number of hydrogen-bond acceptors (Lipinski definition) is 2. The fourth-order valence-electron chi connectivity index (χ4n) is 1.72. The van der Waals surface area contributed by atoms with Crippen molar-refractivity contribution < 1.29 is 14.7 Å². The van der Waals surface area contributed by atoms with Crippen molar-refractivity contribution in [1.29, 1.82) is 0 Å². The van der Waals surface area contributed by atoms with Gasteiger partial charge in [0.2, 0.25) is 5.91 Å². The summed E-state index contributed by atoms with van der Waals surface area (Å²) >= 11 is 0. The van der Waals surface area contributed by atoms with Crippen LogP contribution in [0.25, 0.3) is 0 Å². The van der Waals surface area contributed by atoms with Gasteiger partial charge < -0.3 is 10.8 Å². The lowest BCUT2D eigenvalue weighted by Crippen LogP contribution is -2.20. The molecule has 1 aliphatic carbocycles. The van der Waals surface area contributed by atoms with Crippen LogP contribution >= 0.6 is 0 Å². The van der Waals surface area contributed by atoms with Crippen molar-refractivity contribution in [3.8, 4) is 0 Å². The van der Waals surface area contributed by atoms with Crippen LogP contribution in [0.4, 0.5) is 0 Å². The molecule has 1 aromatic rings. The lowest BCUT2D eigenvalue weighted by atomic mass is 9.94. The van der Waals surface area contributed by atoms with E-state index in [9.17, 15) is 9.59 Å². The summed E-state index contributed by atoms with van der Waals surface area (Å²) in [5.41, 5.74) is 5.40. The minimum atomic E-state index is -0.830. The highest BCUT2D eigenvalue weighted by atomic mass is 16.4. The maximum absolute atomic E-state index is 11.0. The molecule has 0 atom stereocenters. The van der Waals surface area contributed by atoms with E-state index in [0.717, 1.165) is 0 Å². The second-order valence-electron chi connectivity index (χ2n) is 3.83. The molecule has 1 amide bonds. The highest BCUT2D eigenvalue weighted by molar-refractivity contribution is 5.94. The zero-order chi connectivity index (χ0) is 11.1. The van der Waals surface area contributed by atoms with Gasteiger partial charge in [0.1, 0.15) is 0 Å². The van der Waals surface area contributed by atoms with Gasteiger partial charge in [-0.2, -0.15) is 0 Å². The van der Waals surface area contributed by atoms with Crippen molar-refractivity contribution in [3.63, 3.8) is 0 Å². The Hall–Kier alpha value is -1.84. The van der Waals surface area contributed by atoms with E-state index in [2.05, 4.69) is 0 Å². The zero-order valence-corrected chi connectivity index (χ0v) is 8.06. The monoisotopic (exact) mass is 205 g/mol. The number of carboxylic acids is 1. The molecule has 0 aromatic heterocycles. The summed E-state index contributed by atoms with van der Waals surface area (Å²) in [5.74, 6) is -1.36. The Labute approximate surface area is 86.7 Å². The standard InChI is InChI=1S/C11H11NO3/c12-9(13)7-2-1-3-8(6-7)11(4-5-11)10(14)15/h1-3,6H,4-5H2,(H2,12,13)(H,14,15). The molecular formula is C11H11NO3. The van der Waals surface area contributed by atoms with Crippen LogP contribution < -0.4 is 5.73 Å². The number of rotatable bonds is 3. The smallest absolute Gasteiger partial charge is 0.314 e. The van der Waals surface area contributed by atoms with Crippen LogP contribution in [0.15, 0.2) is 24.3 Å². The summed E-state index contributed by atoms with van der Waals surface area (Å²) in [6.07, 6.45) is 1.26. The molecule has 0 unspecified atom stereocenters. The molecule has 0 heterocycles. The van der Waals surface area contributed by atoms with E-state index in [1.165, 1.54) is 0 Å². The number of carboxylic acid groups (broad SMARTS) is 1. The highest BCUT2D eigenvalue weighted by Crippen LogP contribution is 2.48. The molecule has 0 spiro atoms. The Bertz CT molecular complexity index is 435. The van der Waals surface area contributed by atoms with Crippen molar-refractivity contribution in [1.82, 2.24) is 0 Å². The van der Waals surface area contributed by atoms with Crippen molar-refractivity contribution in [3.05, 3.63) is 35.4 Å².